The van der Waals surface area contributed by atoms with Gasteiger partial charge in [0.05, 0.1) is 29.8 Å². The van der Waals surface area contributed by atoms with Gasteiger partial charge in [-0.15, -0.1) is 0 Å². The van der Waals surface area contributed by atoms with Gasteiger partial charge in [0, 0.05) is 5.92 Å². The quantitative estimate of drug-likeness (QED) is 0.740. The number of rotatable bonds is 7. The van der Waals surface area contributed by atoms with E-state index in [1.54, 1.807) is 13.0 Å². The van der Waals surface area contributed by atoms with E-state index in [0.717, 1.165) is 19.0 Å². The Morgan fingerprint density at radius 3 is 2.43 bits per heavy atom. The Hall–Kier alpha value is -1.95. The third kappa shape index (κ3) is 4.51. The van der Waals surface area contributed by atoms with Crippen LogP contribution in [0.2, 0.25) is 5.02 Å². The lowest BCUT2D eigenvalue weighted by Gasteiger charge is -2.17. The Morgan fingerprint density at radius 2 is 1.96 bits per heavy atom. The standard InChI is InChI=1S/C16H17ClFNO4/c1-8-15(17)12(18)7-19-16(8)11(10-2-3-10)4-9(5-13(20)21)6-14(22)23/h4,7,10-11H,2-3,5-6H2,1H3,(H,20,21)(H,22,23). The predicted octanol–water partition coefficient (Wildman–Crippen LogP) is 3.55. The molecule has 1 aliphatic rings. The smallest absolute Gasteiger partial charge is 0.307 e. The van der Waals surface area contributed by atoms with E-state index in [2.05, 4.69) is 4.98 Å². The van der Waals surface area contributed by atoms with Crippen LogP contribution in [0.1, 0.15) is 42.9 Å². The van der Waals surface area contributed by atoms with Crippen LogP contribution in [0.25, 0.3) is 0 Å². The second-order valence-corrected chi connectivity index (χ2v) is 6.14. The van der Waals surface area contributed by atoms with Crippen LogP contribution in [-0.4, -0.2) is 27.1 Å². The van der Waals surface area contributed by atoms with Gasteiger partial charge < -0.3 is 10.2 Å². The maximum Gasteiger partial charge on any atom is 0.307 e. The Morgan fingerprint density at radius 1 is 1.39 bits per heavy atom. The lowest BCUT2D eigenvalue weighted by Crippen LogP contribution is -2.09. The summed E-state index contributed by atoms with van der Waals surface area (Å²) in [5.41, 5.74) is 1.39. The number of hydrogen-bond acceptors (Lipinski definition) is 3. The molecule has 1 fully saturated rings. The molecule has 23 heavy (non-hydrogen) atoms. The van der Waals surface area contributed by atoms with E-state index in [9.17, 15) is 14.0 Å². The third-order valence-electron chi connectivity index (χ3n) is 3.86. The van der Waals surface area contributed by atoms with Crippen LogP contribution < -0.4 is 0 Å². The fraction of sp³-hybridized carbons (Fsp3) is 0.438. The molecule has 1 saturated carbocycles. The molecule has 2 N–H and O–H groups in total. The molecule has 1 aromatic rings. The number of halogens is 2. The van der Waals surface area contributed by atoms with Crippen LogP contribution in [0, 0.1) is 18.7 Å². The van der Waals surface area contributed by atoms with Crippen LogP contribution >= 0.6 is 11.6 Å². The molecule has 2 rings (SSSR count). The van der Waals surface area contributed by atoms with Crippen molar-refractivity contribution in [3.05, 3.63) is 39.9 Å². The molecule has 1 aliphatic carbocycles. The molecule has 0 spiro atoms. The number of carboxylic acid groups (broad SMARTS) is 2. The summed E-state index contributed by atoms with van der Waals surface area (Å²) >= 11 is 5.93. The van der Waals surface area contributed by atoms with Gasteiger partial charge in [-0.1, -0.05) is 23.3 Å². The fourth-order valence-corrected chi connectivity index (χ4v) is 2.77. The number of carbonyl (C=O) groups is 2. The molecule has 0 amide bonds. The molecule has 0 aliphatic heterocycles. The third-order valence-corrected chi connectivity index (χ3v) is 4.32. The van der Waals surface area contributed by atoms with E-state index in [1.165, 1.54) is 0 Å². The summed E-state index contributed by atoms with van der Waals surface area (Å²) in [5.74, 6) is -2.78. The van der Waals surface area contributed by atoms with Crippen molar-refractivity contribution in [1.82, 2.24) is 4.98 Å². The van der Waals surface area contributed by atoms with Crippen molar-refractivity contribution in [2.24, 2.45) is 5.92 Å². The lowest BCUT2D eigenvalue weighted by molar-refractivity contribution is -0.136. The summed E-state index contributed by atoms with van der Waals surface area (Å²) in [5, 5.41) is 17.9. The Balaban J connectivity index is 2.41. The zero-order valence-corrected chi connectivity index (χ0v) is 13.3. The molecule has 5 nitrogen and oxygen atoms in total. The van der Waals surface area contributed by atoms with Crippen molar-refractivity contribution in [3.63, 3.8) is 0 Å². The van der Waals surface area contributed by atoms with Crippen molar-refractivity contribution in [2.45, 2.75) is 38.5 Å². The monoisotopic (exact) mass is 341 g/mol. The number of hydrogen-bond donors (Lipinski definition) is 2. The summed E-state index contributed by atoms with van der Waals surface area (Å²) in [6.07, 6.45) is 3.88. The van der Waals surface area contributed by atoms with E-state index in [1.807, 2.05) is 0 Å². The molecule has 1 unspecified atom stereocenters. The summed E-state index contributed by atoms with van der Waals surface area (Å²) in [7, 11) is 0. The topological polar surface area (TPSA) is 87.5 Å². The first-order valence-electron chi connectivity index (χ1n) is 7.23. The molecule has 0 radical (unpaired) electrons. The molecular weight excluding hydrogens is 325 g/mol. The molecule has 0 bridgehead atoms. The van der Waals surface area contributed by atoms with Gasteiger partial charge in [-0.25, -0.2) is 4.39 Å². The number of aromatic nitrogens is 1. The lowest BCUT2D eigenvalue weighted by atomic mass is 9.91. The number of pyridine rings is 1. The number of aliphatic carboxylic acids is 2. The minimum absolute atomic E-state index is 0.00734. The van der Waals surface area contributed by atoms with Crippen LogP contribution in [0.5, 0.6) is 0 Å². The van der Waals surface area contributed by atoms with Crippen LogP contribution in [0.4, 0.5) is 4.39 Å². The second-order valence-electron chi connectivity index (χ2n) is 5.76. The van der Waals surface area contributed by atoms with E-state index in [0.29, 0.717) is 16.8 Å². The molecule has 7 heteroatoms. The minimum atomic E-state index is -1.09. The zero-order chi connectivity index (χ0) is 17.1. The van der Waals surface area contributed by atoms with E-state index < -0.39 is 17.8 Å². The van der Waals surface area contributed by atoms with Crippen molar-refractivity contribution in [3.8, 4) is 0 Å². The fourth-order valence-electron chi connectivity index (χ4n) is 2.62. The minimum Gasteiger partial charge on any atom is -0.481 e. The highest BCUT2D eigenvalue weighted by molar-refractivity contribution is 6.31. The van der Waals surface area contributed by atoms with E-state index in [-0.39, 0.29) is 29.7 Å². The predicted molar refractivity (Wildman–Crippen MR) is 82.0 cm³/mol. The van der Waals surface area contributed by atoms with Gasteiger partial charge in [0.15, 0.2) is 5.82 Å². The van der Waals surface area contributed by atoms with Gasteiger partial charge >= 0.3 is 11.9 Å². The summed E-state index contributed by atoms with van der Waals surface area (Å²) < 4.78 is 13.5. The van der Waals surface area contributed by atoms with Crippen molar-refractivity contribution in [1.29, 1.82) is 0 Å². The zero-order valence-electron chi connectivity index (χ0n) is 12.6. The van der Waals surface area contributed by atoms with Gasteiger partial charge in [0.2, 0.25) is 0 Å². The average Bonchev–Trinajstić information content (AvgIpc) is 3.26. The van der Waals surface area contributed by atoms with Crippen LogP contribution in [-0.2, 0) is 9.59 Å². The number of allylic oxidation sites excluding steroid dienone is 1. The Bertz CT molecular complexity index is 652. The van der Waals surface area contributed by atoms with Crippen molar-refractivity contribution >= 4 is 23.5 Å². The largest absolute Gasteiger partial charge is 0.481 e. The maximum absolute atomic E-state index is 13.5. The molecule has 1 aromatic heterocycles. The highest BCUT2D eigenvalue weighted by Gasteiger charge is 2.34. The van der Waals surface area contributed by atoms with Gasteiger partial charge in [-0.2, -0.15) is 0 Å². The van der Waals surface area contributed by atoms with Gasteiger partial charge in [0.25, 0.3) is 0 Å². The van der Waals surface area contributed by atoms with Crippen LogP contribution in [0.15, 0.2) is 17.8 Å². The normalized spacial score (nSPS) is 15.1. The highest BCUT2D eigenvalue weighted by atomic mass is 35.5. The molecule has 1 heterocycles. The summed E-state index contributed by atoms with van der Waals surface area (Å²) in [6, 6.07) is 0. The second kappa shape index (κ2) is 7.08. The first-order chi connectivity index (χ1) is 10.8. The van der Waals surface area contributed by atoms with Crippen LogP contribution in [0.3, 0.4) is 0 Å². The van der Waals surface area contributed by atoms with Crippen molar-refractivity contribution < 1.29 is 24.2 Å². The number of carboxylic acids is 2. The molecule has 0 saturated heterocycles. The highest BCUT2D eigenvalue weighted by Crippen LogP contribution is 2.45. The average molecular weight is 342 g/mol. The summed E-state index contributed by atoms with van der Waals surface area (Å²) in [4.78, 5) is 26.0. The summed E-state index contributed by atoms with van der Waals surface area (Å²) in [6.45, 7) is 1.66. The van der Waals surface area contributed by atoms with Gasteiger partial charge in [-0.3, -0.25) is 14.6 Å². The van der Waals surface area contributed by atoms with Gasteiger partial charge in [-0.05, 0) is 31.2 Å². The van der Waals surface area contributed by atoms with E-state index in [4.69, 9.17) is 21.8 Å². The first kappa shape index (κ1) is 17.4. The Kier molecular flexibility index (Phi) is 5.36. The molecule has 1 atom stereocenters. The molecule has 0 aromatic carbocycles. The molecular formula is C16H17ClFNO4. The SMILES string of the molecule is Cc1c(C(C=C(CC(=O)O)CC(=O)O)C2CC2)ncc(F)c1Cl. The maximum atomic E-state index is 13.5. The van der Waals surface area contributed by atoms with Crippen molar-refractivity contribution in [2.75, 3.05) is 0 Å². The molecule has 124 valence electrons. The number of nitrogens with zero attached hydrogens (tertiary/aromatic N) is 1. The van der Waals surface area contributed by atoms with Gasteiger partial charge in [0.1, 0.15) is 0 Å². The Labute approximate surface area is 137 Å². The van der Waals surface area contributed by atoms with E-state index >= 15 is 0 Å². The first-order valence-corrected chi connectivity index (χ1v) is 7.61.